The van der Waals surface area contributed by atoms with E-state index >= 15 is 0 Å². The zero-order valence-electron chi connectivity index (χ0n) is 15.9. The van der Waals surface area contributed by atoms with Crippen molar-refractivity contribution >= 4 is 16.9 Å². The van der Waals surface area contributed by atoms with E-state index in [2.05, 4.69) is 5.32 Å². The van der Waals surface area contributed by atoms with E-state index in [0.717, 1.165) is 17.4 Å². The Morgan fingerprint density at radius 1 is 1.31 bits per heavy atom. The lowest BCUT2D eigenvalue weighted by Gasteiger charge is -2.10. The van der Waals surface area contributed by atoms with E-state index in [1.54, 1.807) is 13.2 Å². The SMILES string of the molecule is COc1ccc2c(C)c(CCC(=O)NCCCOC(C)C)c(=O)oc2c1. The van der Waals surface area contributed by atoms with E-state index in [1.807, 2.05) is 32.9 Å². The highest BCUT2D eigenvalue weighted by atomic mass is 16.5. The predicted molar refractivity (Wildman–Crippen MR) is 101 cm³/mol. The van der Waals surface area contributed by atoms with Crippen LogP contribution in [-0.4, -0.2) is 32.3 Å². The van der Waals surface area contributed by atoms with Gasteiger partial charge in [-0.15, -0.1) is 0 Å². The molecule has 0 radical (unpaired) electrons. The Morgan fingerprint density at radius 3 is 2.77 bits per heavy atom. The Hall–Kier alpha value is -2.34. The van der Waals surface area contributed by atoms with Gasteiger partial charge in [0.15, 0.2) is 0 Å². The lowest BCUT2D eigenvalue weighted by molar-refractivity contribution is -0.121. The average molecular weight is 361 g/mol. The van der Waals surface area contributed by atoms with Gasteiger partial charge in [0.1, 0.15) is 11.3 Å². The molecule has 1 amide bonds. The number of aryl methyl sites for hydroxylation is 1. The summed E-state index contributed by atoms with van der Waals surface area (Å²) < 4.78 is 16.0. The maximum absolute atomic E-state index is 12.3. The van der Waals surface area contributed by atoms with Gasteiger partial charge in [-0.25, -0.2) is 4.79 Å². The van der Waals surface area contributed by atoms with Crippen LogP contribution in [0.4, 0.5) is 0 Å². The maximum atomic E-state index is 12.3. The van der Waals surface area contributed by atoms with Gasteiger partial charge in [-0.05, 0) is 51.3 Å². The molecular weight excluding hydrogens is 334 g/mol. The van der Waals surface area contributed by atoms with Crippen LogP contribution in [0, 0.1) is 6.92 Å². The van der Waals surface area contributed by atoms with Gasteiger partial charge in [0.05, 0.1) is 13.2 Å². The Bertz CT molecular complexity index is 810. The minimum Gasteiger partial charge on any atom is -0.497 e. The molecule has 1 aromatic heterocycles. The second kappa shape index (κ2) is 9.38. The number of fused-ring (bicyclic) bond motifs is 1. The molecule has 0 saturated carbocycles. The number of carbonyl (C=O) groups excluding carboxylic acids is 1. The molecule has 0 fully saturated rings. The third-order valence-electron chi connectivity index (χ3n) is 4.19. The number of amides is 1. The fourth-order valence-corrected chi connectivity index (χ4v) is 2.74. The lowest BCUT2D eigenvalue weighted by Crippen LogP contribution is -2.26. The first kappa shape index (κ1) is 20.0. The van der Waals surface area contributed by atoms with Gasteiger partial charge in [0.25, 0.3) is 0 Å². The fourth-order valence-electron chi connectivity index (χ4n) is 2.74. The molecule has 0 spiro atoms. The molecule has 1 heterocycles. The molecule has 142 valence electrons. The van der Waals surface area contributed by atoms with Crippen LogP contribution >= 0.6 is 0 Å². The molecule has 26 heavy (non-hydrogen) atoms. The van der Waals surface area contributed by atoms with Crippen molar-refractivity contribution in [1.29, 1.82) is 0 Å². The van der Waals surface area contributed by atoms with Crippen molar-refractivity contribution in [3.05, 3.63) is 39.7 Å². The number of rotatable bonds is 9. The summed E-state index contributed by atoms with van der Waals surface area (Å²) in [5, 5.41) is 3.70. The normalized spacial score (nSPS) is 11.1. The molecule has 2 aromatic rings. The Balaban J connectivity index is 1.96. The summed E-state index contributed by atoms with van der Waals surface area (Å²) in [6.45, 7) is 7.02. The van der Waals surface area contributed by atoms with Crippen LogP contribution < -0.4 is 15.7 Å². The molecule has 0 unspecified atom stereocenters. The summed E-state index contributed by atoms with van der Waals surface area (Å²) in [5.41, 5.74) is 1.48. The van der Waals surface area contributed by atoms with Crippen molar-refractivity contribution in [3.63, 3.8) is 0 Å². The van der Waals surface area contributed by atoms with Crippen LogP contribution in [0.15, 0.2) is 27.4 Å². The quantitative estimate of drug-likeness (QED) is 0.549. The van der Waals surface area contributed by atoms with Gasteiger partial charge in [-0.2, -0.15) is 0 Å². The van der Waals surface area contributed by atoms with Gasteiger partial charge >= 0.3 is 5.63 Å². The summed E-state index contributed by atoms with van der Waals surface area (Å²) in [6.07, 6.45) is 1.56. The summed E-state index contributed by atoms with van der Waals surface area (Å²) in [6, 6.07) is 5.38. The van der Waals surface area contributed by atoms with Crippen molar-refractivity contribution in [3.8, 4) is 5.75 Å². The molecule has 0 atom stereocenters. The van der Waals surface area contributed by atoms with E-state index in [0.29, 0.717) is 36.5 Å². The Kier molecular flexibility index (Phi) is 7.21. The highest BCUT2D eigenvalue weighted by molar-refractivity contribution is 5.82. The molecule has 0 saturated heterocycles. The van der Waals surface area contributed by atoms with Crippen molar-refractivity contribution < 1.29 is 18.7 Å². The smallest absolute Gasteiger partial charge is 0.339 e. The molecular formula is C20H27NO5. The fraction of sp³-hybridized carbons (Fsp3) is 0.500. The van der Waals surface area contributed by atoms with Crippen molar-refractivity contribution in [2.75, 3.05) is 20.3 Å². The van der Waals surface area contributed by atoms with E-state index in [1.165, 1.54) is 0 Å². The zero-order valence-corrected chi connectivity index (χ0v) is 15.9. The number of benzene rings is 1. The highest BCUT2D eigenvalue weighted by Crippen LogP contribution is 2.24. The number of carbonyl (C=O) groups is 1. The van der Waals surface area contributed by atoms with E-state index < -0.39 is 5.63 Å². The minimum atomic E-state index is -0.401. The number of methoxy groups -OCH3 is 1. The van der Waals surface area contributed by atoms with Crippen LogP contribution in [0.25, 0.3) is 11.0 Å². The van der Waals surface area contributed by atoms with Gasteiger partial charge in [0, 0.05) is 36.6 Å². The largest absolute Gasteiger partial charge is 0.497 e. The monoisotopic (exact) mass is 361 g/mol. The van der Waals surface area contributed by atoms with Crippen LogP contribution in [0.2, 0.25) is 0 Å². The van der Waals surface area contributed by atoms with Crippen LogP contribution in [0.5, 0.6) is 5.75 Å². The van der Waals surface area contributed by atoms with Gasteiger partial charge in [0.2, 0.25) is 5.91 Å². The summed E-state index contributed by atoms with van der Waals surface area (Å²) in [7, 11) is 1.56. The van der Waals surface area contributed by atoms with E-state index in [9.17, 15) is 9.59 Å². The van der Waals surface area contributed by atoms with Gasteiger partial charge in [-0.3, -0.25) is 4.79 Å². The second-order valence-corrected chi connectivity index (χ2v) is 6.48. The lowest BCUT2D eigenvalue weighted by atomic mass is 10.0. The topological polar surface area (TPSA) is 77.8 Å². The van der Waals surface area contributed by atoms with E-state index in [-0.39, 0.29) is 18.4 Å². The van der Waals surface area contributed by atoms with E-state index in [4.69, 9.17) is 13.9 Å². The van der Waals surface area contributed by atoms with Gasteiger partial charge < -0.3 is 19.2 Å². The summed E-state index contributed by atoms with van der Waals surface area (Å²) in [5.74, 6) is 0.553. The molecule has 0 aliphatic carbocycles. The van der Waals surface area contributed by atoms with Crippen molar-refractivity contribution in [2.24, 2.45) is 0 Å². The first-order chi connectivity index (χ1) is 12.4. The standard InChI is InChI=1S/C20H27NO5/c1-13(2)25-11-5-10-21-19(22)9-8-17-14(3)16-7-6-15(24-4)12-18(16)26-20(17)23/h6-7,12-13H,5,8-11H2,1-4H3,(H,21,22). The Morgan fingerprint density at radius 2 is 2.08 bits per heavy atom. The molecule has 1 N–H and O–H groups in total. The molecule has 6 heteroatoms. The van der Waals surface area contributed by atoms with Gasteiger partial charge in [-0.1, -0.05) is 0 Å². The molecule has 6 nitrogen and oxygen atoms in total. The predicted octanol–water partition coefficient (Wildman–Crippen LogP) is 2.97. The number of hydrogen-bond acceptors (Lipinski definition) is 5. The first-order valence-corrected chi connectivity index (χ1v) is 8.91. The van der Waals surface area contributed by atoms with Crippen LogP contribution in [0.1, 0.15) is 37.8 Å². The molecule has 2 rings (SSSR count). The zero-order chi connectivity index (χ0) is 19.1. The summed E-state index contributed by atoms with van der Waals surface area (Å²) in [4.78, 5) is 24.3. The first-order valence-electron chi connectivity index (χ1n) is 8.91. The van der Waals surface area contributed by atoms with Crippen molar-refractivity contribution in [1.82, 2.24) is 5.32 Å². The second-order valence-electron chi connectivity index (χ2n) is 6.48. The number of hydrogen-bond donors (Lipinski definition) is 1. The maximum Gasteiger partial charge on any atom is 0.339 e. The average Bonchev–Trinajstić information content (AvgIpc) is 2.60. The molecule has 0 bridgehead atoms. The van der Waals surface area contributed by atoms with Crippen LogP contribution in [-0.2, 0) is 16.0 Å². The molecule has 1 aromatic carbocycles. The minimum absolute atomic E-state index is 0.0804. The number of ether oxygens (including phenoxy) is 2. The molecule has 0 aliphatic heterocycles. The van der Waals surface area contributed by atoms with Crippen molar-refractivity contribution in [2.45, 2.75) is 46.1 Å². The summed E-state index contributed by atoms with van der Waals surface area (Å²) >= 11 is 0. The highest BCUT2D eigenvalue weighted by Gasteiger charge is 2.13. The Labute approximate surface area is 153 Å². The third-order valence-corrected chi connectivity index (χ3v) is 4.19. The number of nitrogens with one attached hydrogen (secondary N) is 1. The van der Waals surface area contributed by atoms with Crippen LogP contribution in [0.3, 0.4) is 0 Å². The molecule has 0 aliphatic rings. The third kappa shape index (κ3) is 5.33.